The third-order valence-electron chi connectivity index (χ3n) is 5.32. The van der Waals surface area contributed by atoms with Gasteiger partial charge in [0.2, 0.25) is 0 Å². The molecule has 2 aromatic heterocycles. The molecule has 0 aliphatic rings. The van der Waals surface area contributed by atoms with Gasteiger partial charge in [-0.1, -0.05) is 12.1 Å². The number of nitrogens with one attached hydrogen (secondary N) is 1. The van der Waals surface area contributed by atoms with E-state index in [1.54, 1.807) is 13.3 Å². The van der Waals surface area contributed by atoms with Crippen molar-refractivity contribution in [3.8, 4) is 40.0 Å². The van der Waals surface area contributed by atoms with Crippen molar-refractivity contribution >= 4 is 11.0 Å². The Hall–Kier alpha value is -3.82. The van der Waals surface area contributed by atoms with Crippen LogP contribution in [0.5, 0.6) is 11.5 Å². The lowest BCUT2D eigenvalue weighted by atomic mass is 9.98. The minimum atomic E-state index is 0.528. The predicted molar refractivity (Wildman–Crippen MR) is 127 cm³/mol. The molecule has 2 heterocycles. The number of hydrogen-bond donors (Lipinski definition) is 1. The zero-order valence-electron chi connectivity index (χ0n) is 18.6. The maximum absolute atomic E-state index is 9.38. The Morgan fingerprint density at radius 1 is 1.00 bits per heavy atom. The number of ether oxygens (including phenoxy) is 2. The first kappa shape index (κ1) is 21.4. The van der Waals surface area contributed by atoms with Crippen LogP contribution in [0.25, 0.3) is 33.4 Å². The molecule has 6 nitrogen and oxygen atoms in total. The van der Waals surface area contributed by atoms with Crippen molar-refractivity contribution in [2.24, 2.45) is 0 Å². The fourth-order valence-corrected chi connectivity index (χ4v) is 3.69. The molecule has 0 bridgehead atoms. The second-order valence-corrected chi connectivity index (χ2v) is 7.87. The largest absolute Gasteiger partial charge is 0.497 e. The standard InChI is InChI=1S/C26H26N4O2/c1-30(2)13-4-14-32-22-11-5-19(6-12-22)24-23-15-18(16-27)17-28-26(23)29-25(24)20-7-9-21(31-3)10-8-20/h5-12,15,17H,4,13-14H2,1-3H3,(H,28,29). The molecule has 0 aliphatic heterocycles. The number of rotatable bonds is 8. The van der Waals surface area contributed by atoms with Crippen LogP contribution in [0.15, 0.2) is 60.8 Å². The van der Waals surface area contributed by atoms with Gasteiger partial charge in [0.05, 0.1) is 25.0 Å². The molecule has 6 heteroatoms. The van der Waals surface area contributed by atoms with Gasteiger partial charge in [-0.25, -0.2) is 4.98 Å². The van der Waals surface area contributed by atoms with E-state index in [0.29, 0.717) is 12.2 Å². The van der Waals surface area contributed by atoms with Crippen LogP contribution in [0.2, 0.25) is 0 Å². The highest BCUT2D eigenvalue weighted by atomic mass is 16.5. The molecule has 0 saturated carbocycles. The molecule has 32 heavy (non-hydrogen) atoms. The smallest absolute Gasteiger partial charge is 0.138 e. The van der Waals surface area contributed by atoms with E-state index in [4.69, 9.17) is 9.47 Å². The summed E-state index contributed by atoms with van der Waals surface area (Å²) in [6.45, 7) is 1.67. The number of aromatic amines is 1. The van der Waals surface area contributed by atoms with Crippen LogP contribution in [0.1, 0.15) is 12.0 Å². The van der Waals surface area contributed by atoms with Crippen molar-refractivity contribution in [2.45, 2.75) is 6.42 Å². The molecule has 0 unspecified atom stereocenters. The van der Waals surface area contributed by atoms with Crippen molar-refractivity contribution in [1.29, 1.82) is 5.26 Å². The molecular formula is C26H26N4O2. The third kappa shape index (κ3) is 4.58. The van der Waals surface area contributed by atoms with E-state index in [-0.39, 0.29) is 0 Å². The van der Waals surface area contributed by atoms with Crippen LogP contribution < -0.4 is 9.47 Å². The maximum Gasteiger partial charge on any atom is 0.138 e. The Morgan fingerprint density at radius 2 is 1.69 bits per heavy atom. The van der Waals surface area contributed by atoms with Crippen LogP contribution in [-0.2, 0) is 0 Å². The maximum atomic E-state index is 9.38. The number of nitrogens with zero attached hydrogens (tertiary/aromatic N) is 3. The summed E-state index contributed by atoms with van der Waals surface area (Å²) < 4.78 is 11.2. The molecule has 0 atom stereocenters. The van der Waals surface area contributed by atoms with Crippen LogP contribution in [0.4, 0.5) is 0 Å². The molecule has 162 valence electrons. The monoisotopic (exact) mass is 426 g/mol. The summed E-state index contributed by atoms with van der Waals surface area (Å²) in [5.74, 6) is 1.64. The lowest BCUT2D eigenvalue weighted by Crippen LogP contribution is -2.15. The molecule has 0 saturated heterocycles. The lowest BCUT2D eigenvalue weighted by molar-refractivity contribution is 0.281. The van der Waals surface area contributed by atoms with Gasteiger partial charge in [0, 0.05) is 23.7 Å². The number of aromatic nitrogens is 2. The normalized spacial score (nSPS) is 11.0. The van der Waals surface area contributed by atoms with Crippen molar-refractivity contribution in [2.75, 3.05) is 34.4 Å². The second-order valence-electron chi connectivity index (χ2n) is 7.87. The lowest BCUT2D eigenvalue weighted by Gasteiger charge is -2.11. The number of nitriles is 1. The van der Waals surface area contributed by atoms with E-state index in [1.807, 2.05) is 42.5 Å². The first-order valence-corrected chi connectivity index (χ1v) is 10.5. The van der Waals surface area contributed by atoms with Gasteiger partial charge < -0.3 is 19.4 Å². The molecule has 4 aromatic rings. The number of benzene rings is 2. The van der Waals surface area contributed by atoms with Gasteiger partial charge in [0.15, 0.2) is 0 Å². The molecule has 1 N–H and O–H groups in total. The predicted octanol–water partition coefficient (Wildman–Crippen LogP) is 5.11. The Labute approximate surface area is 188 Å². The summed E-state index contributed by atoms with van der Waals surface area (Å²) >= 11 is 0. The molecule has 4 rings (SSSR count). The number of methoxy groups -OCH3 is 1. The van der Waals surface area contributed by atoms with Gasteiger partial charge in [-0.2, -0.15) is 5.26 Å². The highest BCUT2D eigenvalue weighted by Gasteiger charge is 2.17. The topological polar surface area (TPSA) is 74.2 Å². The summed E-state index contributed by atoms with van der Waals surface area (Å²) in [6.07, 6.45) is 2.56. The fraction of sp³-hybridized carbons (Fsp3) is 0.231. The SMILES string of the molecule is COc1ccc(-c2[nH]c3ncc(C#N)cc3c2-c2ccc(OCCCN(C)C)cc2)cc1. The zero-order chi connectivity index (χ0) is 22.5. The Balaban J connectivity index is 1.72. The van der Waals surface area contributed by atoms with Crippen LogP contribution in [-0.4, -0.2) is 49.2 Å². The molecule has 2 aromatic carbocycles. The molecule has 0 aliphatic carbocycles. The van der Waals surface area contributed by atoms with Crippen LogP contribution in [0, 0.1) is 11.3 Å². The van der Waals surface area contributed by atoms with Gasteiger partial charge in [0.25, 0.3) is 0 Å². The molecule has 0 radical (unpaired) electrons. The molecular weight excluding hydrogens is 400 g/mol. The number of hydrogen-bond acceptors (Lipinski definition) is 5. The molecule has 0 fully saturated rings. The Morgan fingerprint density at radius 3 is 2.34 bits per heavy atom. The Kier molecular flexibility index (Phi) is 6.39. The van der Waals surface area contributed by atoms with Gasteiger partial charge in [-0.15, -0.1) is 0 Å². The van der Waals surface area contributed by atoms with E-state index in [0.717, 1.165) is 57.9 Å². The minimum absolute atomic E-state index is 0.528. The summed E-state index contributed by atoms with van der Waals surface area (Å²) in [5, 5.41) is 10.3. The number of H-pyrrole nitrogens is 1. The molecule has 0 spiro atoms. The van der Waals surface area contributed by atoms with Crippen molar-refractivity contribution in [3.05, 3.63) is 66.4 Å². The minimum Gasteiger partial charge on any atom is -0.497 e. The first-order chi connectivity index (χ1) is 15.6. The van der Waals surface area contributed by atoms with Crippen molar-refractivity contribution < 1.29 is 9.47 Å². The van der Waals surface area contributed by atoms with Crippen LogP contribution in [0.3, 0.4) is 0 Å². The zero-order valence-corrected chi connectivity index (χ0v) is 18.6. The van der Waals surface area contributed by atoms with E-state index in [1.165, 1.54) is 0 Å². The molecule has 0 amide bonds. The van der Waals surface area contributed by atoms with Crippen LogP contribution >= 0.6 is 0 Å². The average Bonchev–Trinajstić information content (AvgIpc) is 3.20. The highest BCUT2D eigenvalue weighted by molar-refractivity contribution is 6.02. The van der Waals surface area contributed by atoms with E-state index in [2.05, 4.69) is 47.2 Å². The second kappa shape index (κ2) is 9.54. The van der Waals surface area contributed by atoms with Crippen molar-refractivity contribution in [1.82, 2.24) is 14.9 Å². The van der Waals surface area contributed by atoms with Crippen molar-refractivity contribution in [3.63, 3.8) is 0 Å². The average molecular weight is 427 g/mol. The summed E-state index contributed by atoms with van der Waals surface area (Å²) in [6, 6.07) is 20.1. The highest BCUT2D eigenvalue weighted by Crippen LogP contribution is 2.39. The van der Waals surface area contributed by atoms with E-state index in [9.17, 15) is 5.26 Å². The van der Waals surface area contributed by atoms with Gasteiger partial charge in [0.1, 0.15) is 23.2 Å². The van der Waals surface area contributed by atoms with E-state index < -0.39 is 0 Å². The van der Waals surface area contributed by atoms with Gasteiger partial charge in [-0.3, -0.25) is 0 Å². The summed E-state index contributed by atoms with van der Waals surface area (Å²) in [7, 11) is 5.77. The van der Waals surface area contributed by atoms with Gasteiger partial charge >= 0.3 is 0 Å². The van der Waals surface area contributed by atoms with Gasteiger partial charge in [-0.05, 0) is 74.1 Å². The van der Waals surface area contributed by atoms with E-state index >= 15 is 0 Å². The number of pyridine rings is 1. The fourth-order valence-electron chi connectivity index (χ4n) is 3.69. The Bertz CT molecular complexity index is 1240. The number of fused-ring (bicyclic) bond motifs is 1. The quantitative estimate of drug-likeness (QED) is 0.397. The third-order valence-corrected chi connectivity index (χ3v) is 5.32. The first-order valence-electron chi connectivity index (χ1n) is 10.5. The summed E-state index contributed by atoms with van der Waals surface area (Å²) in [5.41, 5.74) is 5.27. The summed E-state index contributed by atoms with van der Waals surface area (Å²) in [4.78, 5) is 10.1.